The van der Waals surface area contributed by atoms with Crippen LogP contribution in [0, 0.1) is 0 Å². The third kappa shape index (κ3) is 16.3. The molecule has 0 aromatic rings. The van der Waals surface area contributed by atoms with Crippen molar-refractivity contribution in [2.45, 2.75) is 79.1 Å². The average molecular weight is 381 g/mol. The molecule has 0 aromatic carbocycles. The van der Waals surface area contributed by atoms with Gasteiger partial charge in [0.1, 0.15) is 11.6 Å². The van der Waals surface area contributed by atoms with Crippen molar-refractivity contribution in [3.8, 4) is 0 Å². The van der Waals surface area contributed by atoms with E-state index in [9.17, 15) is 9.50 Å². The van der Waals surface area contributed by atoms with Crippen LogP contribution in [0.5, 0.6) is 0 Å². The zero-order chi connectivity index (χ0) is 21.1. The molecule has 0 saturated carbocycles. The molecule has 3 heteroatoms. The maximum absolute atomic E-state index is 13.0. The topological polar surface area (TPSA) is 29.5 Å². The molecule has 0 saturated heterocycles. The summed E-state index contributed by atoms with van der Waals surface area (Å²) < 4.78 is 17.8. The fourth-order valence-corrected chi connectivity index (χ4v) is 2.48. The van der Waals surface area contributed by atoms with E-state index < -0.39 is 0 Å². The summed E-state index contributed by atoms with van der Waals surface area (Å²) in [7, 11) is 1.57. The Bertz CT molecular complexity index is 499. The van der Waals surface area contributed by atoms with Crippen LogP contribution in [0.4, 0.5) is 4.39 Å². The van der Waals surface area contributed by atoms with Crippen LogP contribution >= 0.6 is 0 Å². The van der Waals surface area contributed by atoms with Gasteiger partial charge in [0.05, 0.1) is 6.61 Å². The third-order valence-electron chi connectivity index (χ3n) is 4.17. The molecule has 0 spiro atoms. The first-order valence-electron chi connectivity index (χ1n) is 10.1. The fourth-order valence-electron chi connectivity index (χ4n) is 2.48. The van der Waals surface area contributed by atoms with E-state index in [2.05, 4.69) is 27.0 Å². The zero-order valence-electron chi connectivity index (χ0n) is 18.2. The number of methoxy groups -OCH3 is 1. The van der Waals surface area contributed by atoms with Gasteiger partial charge in [-0.15, -0.1) is 0 Å². The van der Waals surface area contributed by atoms with Gasteiger partial charge in [-0.3, -0.25) is 0 Å². The van der Waals surface area contributed by atoms with E-state index >= 15 is 0 Å². The van der Waals surface area contributed by atoms with Crippen LogP contribution in [0.1, 0.15) is 79.1 Å². The summed E-state index contributed by atoms with van der Waals surface area (Å²) >= 11 is 0. The summed E-state index contributed by atoms with van der Waals surface area (Å²) in [6.07, 6.45) is 13.9. The van der Waals surface area contributed by atoms with Crippen LogP contribution in [0.3, 0.4) is 0 Å². The van der Waals surface area contributed by atoms with Crippen molar-refractivity contribution in [3.63, 3.8) is 0 Å². The monoisotopic (exact) mass is 380 g/mol. The minimum absolute atomic E-state index is 0.137. The average Bonchev–Trinajstić information content (AvgIpc) is 2.64. The summed E-state index contributed by atoms with van der Waals surface area (Å²) in [6.45, 7) is 15.9. The van der Waals surface area contributed by atoms with Gasteiger partial charge in [-0.2, -0.15) is 0 Å². The molecule has 0 atom stereocenters. The molecule has 0 aromatic heterocycles. The Labute approximate surface area is 167 Å². The third-order valence-corrected chi connectivity index (χ3v) is 4.17. The van der Waals surface area contributed by atoms with Crippen molar-refractivity contribution in [2.24, 2.45) is 0 Å². The quantitative estimate of drug-likeness (QED) is 0.198. The molecule has 0 amide bonds. The van der Waals surface area contributed by atoms with Crippen molar-refractivity contribution in [2.75, 3.05) is 13.7 Å². The second-order valence-electron chi connectivity index (χ2n) is 6.52. The predicted molar refractivity (Wildman–Crippen MR) is 118 cm³/mol. The molecule has 0 rings (SSSR count). The largest absolute Gasteiger partial charge is 0.509 e. The van der Waals surface area contributed by atoms with Crippen LogP contribution < -0.4 is 0 Å². The summed E-state index contributed by atoms with van der Waals surface area (Å²) in [6, 6.07) is 0. The number of aliphatic hydroxyl groups excluding tert-OH is 1. The number of hydrogen-bond acceptors (Lipinski definition) is 2. The van der Waals surface area contributed by atoms with Crippen molar-refractivity contribution >= 4 is 0 Å². The lowest BCUT2D eigenvalue weighted by Gasteiger charge is -2.09. The lowest BCUT2D eigenvalue weighted by Crippen LogP contribution is -1.94. The highest BCUT2D eigenvalue weighted by atomic mass is 19.1. The fraction of sp³-hybridized carbons (Fsp3) is 0.583. The SMILES string of the molecule is C/C=C\C(F)=C(\CC)COC.C=C(O)/C=C(/CCCCCCC)C(=C)CC. The minimum Gasteiger partial charge on any atom is -0.509 e. The number of allylic oxidation sites excluding steroid dienone is 6. The van der Waals surface area contributed by atoms with Gasteiger partial charge in [0.15, 0.2) is 0 Å². The number of rotatable bonds is 13. The van der Waals surface area contributed by atoms with E-state index in [4.69, 9.17) is 4.74 Å². The van der Waals surface area contributed by atoms with Gasteiger partial charge in [0.2, 0.25) is 0 Å². The van der Waals surface area contributed by atoms with E-state index in [0.717, 1.165) is 24.0 Å². The summed E-state index contributed by atoms with van der Waals surface area (Å²) in [5.74, 6) is -0.0324. The maximum atomic E-state index is 13.0. The van der Waals surface area contributed by atoms with Crippen LogP contribution in [0.2, 0.25) is 0 Å². The predicted octanol–water partition coefficient (Wildman–Crippen LogP) is 8.15. The number of halogens is 1. The number of ether oxygens (including phenoxy) is 1. The molecule has 0 bridgehead atoms. The Morgan fingerprint density at radius 3 is 2.11 bits per heavy atom. The summed E-state index contributed by atoms with van der Waals surface area (Å²) in [5.41, 5.74) is 2.99. The number of unbranched alkanes of at least 4 members (excludes halogenated alkanes) is 4. The molecule has 0 aliphatic heterocycles. The Hall–Kier alpha value is -1.61. The van der Waals surface area contributed by atoms with Crippen LogP contribution in [-0.4, -0.2) is 18.8 Å². The van der Waals surface area contributed by atoms with E-state index in [-0.39, 0.29) is 11.6 Å². The lowest BCUT2D eigenvalue weighted by atomic mass is 9.98. The van der Waals surface area contributed by atoms with Crippen LogP contribution in [0.25, 0.3) is 0 Å². The highest BCUT2D eigenvalue weighted by Crippen LogP contribution is 2.20. The molecular formula is C24H41FO2. The van der Waals surface area contributed by atoms with Gasteiger partial charge in [-0.05, 0) is 55.9 Å². The zero-order valence-corrected chi connectivity index (χ0v) is 18.2. The molecule has 0 aliphatic rings. The van der Waals surface area contributed by atoms with Crippen molar-refractivity contribution in [1.82, 2.24) is 0 Å². The standard InChI is InChI=1S/C15H26O.C9H15FO/c1-5-7-8-9-10-11-15(12-14(4)16)13(3)6-2;1-4-6-9(10)8(5-2)7-11-3/h12,16H,3-11H2,1-2H3;4,6H,5,7H2,1-3H3/b15-12-;6-4-,9-8+. The smallest absolute Gasteiger partial charge is 0.124 e. The van der Waals surface area contributed by atoms with E-state index in [1.807, 2.05) is 6.92 Å². The lowest BCUT2D eigenvalue weighted by molar-refractivity contribution is 0.221. The van der Waals surface area contributed by atoms with E-state index in [1.165, 1.54) is 38.2 Å². The first kappa shape index (κ1) is 27.6. The Morgan fingerprint density at radius 1 is 1.04 bits per heavy atom. The van der Waals surface area contributed by atoms with E-state index in [0.29, 0.717) is 18.6 Å². The Balaban J connectivity index is 0. The molecule has 0 heterocycles. The van der Waals surface area contributed by atoms with Gasteiger partial charge in [0, 0.05) is 7.11 Å². The first-order valence-corrected chi connectivity index (χ1v) is 10.1. The highest BCUT2D eigenvalue weighted by molar-refractivity contribution is 5.32. The number of aliphatic hydroxyl groups is 1. The Kier molecular flexibility index (Phi) is 19.6. The van der Waals surface area contributed by atoms with Crippen LogP contribution in [0.15, 0.2) is 59.7 Å². The molecule has 0 fully saturated rings. The van der Waals surface area contributed by atoms with Crippen molar-refractivity contribution in [1.29, 1.82) is 0 Å². The number of hydrogen-bond donors (Lipinski definition) is 1. The first-order chi connectivity index (χ1) is 12.9. The molecule has 0 unspecified atom stereocenters. The molecule has 0 radical (unpaired) electrons. The van der Waals surface area contributed by atoms with Crippen molar-refractivity contribution < 1.29 is 14.2 Å². The van der Waals surface area contributed by atoms with Gasteiger partial charge >= 0.3 is 0 Å². The molecule has 27 heavy (non-hydrogen) atoms. The second kappa shape index (κ2) is 19.2. The normalized spacial score (nSPS) is 12.4. The Morgan fingerprint density at radius 2 is 1.67 bits per heavy atom. The molecule has 156 valence electrons. The molecule has 2 nitrogen and oxygen atoms in total. The summed E-state index contributed by atoms with van der Waals surface area (Å²) in [5, 5.41) is 9.20. The second-order valence-corrected chi connectivity index (χ2v) is 6.52. The van der Waals surface area contributed by atoms with E-state index in [1.54, 1.807) is 26.2 Å². The van der Waals surface area contributed by atoms with Gasteiger partial charge in [0.25, 0.3) is 0 Å². The van der Waals surface area contributed by atoms with Crippen LogP contribution in [-0.2, 0) is 4.74 Å². The molecular weight excluding hydrogens is 339 g/mol. The van der Waals surface area contributed by atoms with Gasteiger partial charge < -0.3 is 9.84 Å². The van der Waals surface area contributed by atoms with Crippen molar-refractivity contribution in [3.05, 3.63) is 59.7 Å². The maximum Gasteiger partial charge on any atom is 0.124 e. The minimum atomic E-state index is -0.170. The highest BCUT2D eigenvalue weighted by Gasteiger charge is 2.02. The van der Waals surface area contributed by atoms with Gasteiger partial charge in [-0.25, -0.2) is 4.39 Å². The van der Waals surface area contributed by atoms with Gasteiger partial charge in [-0.1, -0.05) is 71.3 Å². The molecule has 0 aliphatic carbocycles. The molecule has 1 N–H and O–H groups in total. The summed E-state index contributed by atoms with van der Waals surface area (Å²) in [4.78, 5) is 0.